The molecule has 6 aromatic rings. The minimum atomic E-state index is 0.712. The van der Waals surface area contributed by atoms with Gasteiger partial charge in [-0.15, -0.1) is 0 Å². The molecule has 0 bridgehead atoms. The average molecular weight is 441 g/mol. The SMILES string of the molecule is c1ccc(Nc2ccc3c(c2)c2ccccc2n3-c2ccc3c(c2)Oc2ccccc2O3)cc1. The number of para-hydroxylation sites is 4. The molecule has 0 aliphatic carbocycles. The number of anilines is 2. The predicted octanol–water partition coefficient (Wildman–Crippen LogP) is 8.43. The largest absolute Gasteiger partial charge is 0.450 e. The van der Waals surface area contributed by atoms with Crippen molar-refractivity contribution < 1.29 is 9.47 Å². The summed E-state index contributed by atoms with van der Waals surface area (Å²) in [6.07, 6.45) is 0. The summed E-state index contributed by atoms with van der Waals surface area (Å²) in [5.41, 5.74) is 5.43. The van der Waals surface area contributed by atoms with Crippen molar-refractivity contribution in [1.82, 2.24) is 4.57 Å². The molecule has 1 N–H and O–H groups in total. The normalized spacial score (nSPS) is 12.0. The van der Waals surface area contributed by atoms with Crippen LogP contribution in [-0.4, -0.2) is 4.57 Å². The lowest BCUT2D eigenvalue weighted by Gasteiger charge is -2.21. The number of aromatic nitrogens is 1. The summed E-state index contributed by atoms with van der Waals surface area (Å²) < 4.78 is 14.5. The number of fused-ring (bicyclic) bond motifs is 5. The van der Waals surface area contributed by atoms with Crippen molar-refractivity contribution in [3.63, 3.8) is 0 Å². The summed E-state index contributed by atoms with van der Waals surface area (Å²) in [5, 5.41) is 5.91. The zero-order valence-electron chi connectivity index (χ0n) is 18.2. The van der Waals surface area contributed by atoms with Crippen LogP contribution in [0.5, 0.6) is 23.0 Å². The second kappa shape index (κ2) is 7.42. The maximum atomic E-state index is 6.18. The minimum Gasteiger partial charge on any atom is -0.450 e. The molecule has 162 valence electrons. The van der Waals surface area contributed by atoms with Crippen molar-refractivity contribution in [2.24, 2.45) is 0 Å². The first kappa shape index (κ1) is 18.8. The van der Waals surface area contributed by atoms with E-state index in [1.54, 1.807) is 0 Å². The van der Waals surface area contributed by atoms with E-state index in [0.717, 1.165) is 45.3 Å². The Bertz CT molecular complexity index is 1690. The molecule has 0 saturated heterocycles. The second-order valence-corrected chi connectivity index (χ2v) is 8.36. The monoisotopic (exact) mass is 440 g/mol. The van der Waals surface area contributed by atoms with Crippen LogP contribution in [0.4, 0.5) is 11.4 Å². The van der Waals surface area contributed by atoms with E-state index in [1.165, 1.54) is 10.8 Å². The van der Waals surface area contributed by atoms with Crippen molar-refractivity contribution in [2.45, 2.75) is 0 Å². The van der Waals surface area contributed by atoms with E-state index in [9.17, 15) is 0 Å². The molecule has 34 heavy (non-hydrogen) atoms. The van der Waals surface area contributed by atoms with Crippen LogP contribution >= 0.6 is 0 Å². The van der Waals surface area contributed by atoms with E-state index in [0.29, 0.717) is 5.75 Å². The van der Waals surface area contributed by atoms with E-state index >= 15 is 0 Å². The van der Waals surface area contributed by atoms with Gasteiger partial charge in [0.15, 0.2) is 23.0 Å². The fourth-order valence-corrected chi connectivity index (χ4v) is 4.67. The highest BCUT2D eigenvalue weighted by Crippen LogP contribution is 2.46. The molecule has 1 aliphatic heterocycles. The Morgan fingerprint density at radius 3 is 2.00 bits per heavy atom. The molecule has 0 spiro atoms. The zero-order valence-corrected chi connectivity index (χ0v) is 18.2. The molecule has 0 unspecified atom stereocenters. The zero-order chi connectivity index (χ0) is 22.5. The van der Waals surface area contributed by atoms with Crippen molar-refractivity contribution in [1.29, 1.82) is 0 Å². The summed E-state index contributed by atoms with van der Waals surface area (Å²) in [5.74, 6) is 2.89. The predicted molar refractivity (Wildman–Crippen MR) is 137 cm³/mol. The molecule has 2 heterocycles. The molecule has 4 heteroatoms. The van der Waals surface area contributed by atoms with Crippen LogP contribution in [-0.2, 0) is 0 Å². The summed E-state index contributed by atoms with van der Waals surface area (Å²) in [7, 11) is 0. The summed E-state index contributed by atoms with van der Waals surface area (Å²) in [6.45, 7) is 0. The average Bonchev–Trinajstić information content (AvgIpc) is 3.21. The lowest BCUT2D eigenvalue weighted by Crippen LogP contribution is -2.01. The standard InChI is InChI=1S/C30H20N2O2/c1-2-8-20(9-3-1)31-21-14-16-26-24(18-21)23-10-4-5-11-25(23)32(26)22-15-17-29-30(19-22)34-28-13-7-6-12-27(28)33-29/h1-19,31H. The van der Waals surface area contributed by atoms with E-state index in [-0.39, 0.29) is 0 Å². The first-order valence-corrected chi connectivity index (χ1v) is 11.3. The van der Waals surface area contributed by atoms with Crippen LogP contribution < -0.4 is 14.8 Å². The number of nitrogens with zero attached hydrogens (tertiary/aromatic N) is 1. The van der Waals surface area contributed by atoms with E-state index in [1.807, 2.05) is 54.6 Å². The molecule has 1 aliphatic rings. The third-order valence-electron chi connectivity index (χ3n) is 6.21. The molecular weight excluding hydrogens is 420 g/mol. The quantitative estimate of drug-likeness (QED) is 0.299. The molecule has 0 radical (unpaired) electrons. The van der Waals surface area contributed by atoms with Crippen LogP contribution in [0.3, 0.4) is 0 Å². The highest BCUT2D eigenvalue weighted by atomic mass is 16.6. The molecule has 5 aromatic carbocycles. The van der Waals surface area contributed by atoms with Gasteiger partial charge in [-0.05, 0) is 60.7 Å². The van der Waals surface area contributed by atoms with Gasteiger partial charge in [0.25, 0.3) is 0 Å². The summed E-state index contributed by atoms with van der Waals surface area (Å²) in [6, 6.07) is 39.1. The van der Waals surface area contributed by atoms with Gasteiger partial charge in [0.1, 0.15) is 0 Å². The second-order valence-electron chi connectivity index (χ2n) is 8.36. The lowest BCUT2D eigenvalue weighted by atomic mass is 10.1. The van der Waals surface area contributed by atoms with Crippen molar-refractivity contribution in [2.75, 3.05) is 5.32 Å². The Morgan fingerprint density at radius 2 is 1.15 bits per heavy atom. The van der Waals surface area contributed by atoms with E-state index in [4.69, 9.17) is 9.47 Å². The van der Waals surface area contributed by atoms with E-state index < -0.39 is 0 Å². The van der Waals surface area contributed by atoms with Crippen LogP contribution in [0.1, 0.15) is 0 Å². The van der Waals surface area contributed by atoms with Gasteiger partial charge < -0.3 is 19.4 Å². The summed E-state index contributed by atoms with van der Waals surface area (Å²) >= 11 is 0. The van der Waals surface area contributed by atoms with Gasteiger partial charge in [-0.3, -0.25) is 0 Å². The molecule has 0 saturated carbocycles. The Hall–Kier alpha value is -4.70. The van der Waals surface area contributed by atoms with E-state index in [2.05, 4.69) is 70.5 Å². The number of rotatable bonds is 3. The van der Waals surface area contributed by atoms with Crippen molar-refractivity contribution >= 4 is 33.2 Å². The summed E-state index contributed by atoms with van der Waals surface area (Å²) in [4.78, 5) is 0. The van der Waals surface area contributed by atoms with Gasteiger partial charge in [-0.1, -0.05) is 48.5 Å². The maximum Gasteiger partial charge on any atom is 0.172 e. The lowest BCUT2D eigenvalue weighted by molar-refractivity contribution is 0.359. The highest BCUT2D eigenvalue weighted by molar-refractivity contribution is 6.10. The van der Waals surface area contributed by atoms with Gasteiger partial charge >= 0.3 is 0 Å². The fourth-order valence-electron chi connectivity index (χ4n) is 4.67. The molecule has 0 fully saturated rings. The Labute approximate surface area is 196 Å². The highest BCUT2D eigenvalue weighted by Gasteiger charge is 2.20. The molecular formula is C30H20N2O2. The van der Waals surface area contributed by atoms with Crippen LogP contribution in [0.25, 0.3) is 27.5 Å². The molecule has 1 aromatic heterocycles. The first-order chi connectivity index (χ1) is 16.8. The van der Waals surface area contributed by atoms with Gasteiger partial charge in [0.05, 0.1) is 16.7 Å². The van der Waals surface area contributed by atoms with Crippen molar-refractivity contribution in [3.05, 3.63) is 115 Å². The Kier molecular flexibility index (Phi) is 4.11. The first-order valence-electron chi connectivity index (χ1n) is 11.3. The Balaban J connectivity index is 1.37. The van der Waals surface area contributed by atoms with Crippen LogP contribution in [0.15, 0.2) is 115 Å². The topological polar surface area (TPSA) is 35.4 Å². The van der Waals surface area contributed by atoms with Gasteiger partial charge in [-0.25, -0.2) is 0 Å². The van der Waals surface area contributed by atoms with Gasteiger partial charge in [0, 0.05) is 28.2 Å². The van der Waals surface area contributed by atoms with Crippen LogP contribution in [0.2, 0.25) is 0 Å². The molecule has 7 rings (SSSR count). The number of nitrogens with one attached hydrogen (secondary N) is 1. The van der Waals surface area contributed by atoms with Crippen LogP contribution in [0, 0.1) is 0 Å². The number of ether oxygens (including phenoxy) is 2. The number of benzene rings is 5. The molecule has 0 atom stereocenters. The third kappa shape index (κ3) is 3.00. The van der Waals surface area contributed by atoms with Crippen molar-refractivity contribution in [3.8, 4) is 28.7 Å². The number of hydrogen-bond donors (Lipinski definition) is 1. The smallest absolute Gasteiger partial charge is 0.172 e. The number of hydrogen-bond acceptors (Lipinski definition) is 3. The van der Waals surface area contributed by atoms with Gasteiger partial charge in [0.2, 0.25) is 0 Å². The maximum absolute atomic E-state index is 6.18. The Morgan fingerprint density at radius 1 is 0.471 bits per heavy atom. The fraction of sp³-hybridized carbons (Fsp3) is 0. The molecule has 0 amide bonds. The third-order valence-corrected chi connectivity index (χ3v) is 6.21. The van der Waals surface area contributed by atoms with Gasteiger partial charge in [-0.2, -0.15) is 0 Å². The molecule has 4 nitrogen and oxygen atoms in total. The minimum absolute atomic E-state index is 0.712.